The van der Waals surface area contributed by atoms with Gasteiger partial charge in [0, 0.05) is 31.2 Å². The second-order valence-electron chi connectivity index (χ2n) is 6.45. The molecule has 0 aromatic heterocycles. The standard InChI is InChI=1S/C17H35N3/c1-7-18-17(20(14(3)4)15(5)6)19(8-2)16-12-10-9-11-13-16/h14-16H,7-13H2,1-6H3/b18-17-. The lowest BCUT2D eigenvalue weighted by molar-refractivity contribution is 0.189. The number of hydrogen-bond donors (Lipinski definition) is 0. The molecule has 0 radical (unpaired) electrons. The van der Waals surface area contributed by atoms with E-state index in [2.05, 4.69) is 51.3 Å². The fourth-order valence-electron chi connectivity index (χ4n) is 3.48. The van der Waals surface area contributed by atoms with Crippen LogP contribution in [-0.4, -0.2) is 47.0 Å². The van der Waals surface area contributed by atoms with E-state index in [1.165, 1.54) is 38.1 Å². The molecule has 0 aromatic rings. The Morgan fingerprint density at radius 1 is 1.00 bits per heavy atom. The van der Waals surface area contributed by atoms with Crippen molar-refractivity contribution in [2.75, 3.05) is 13.1 Å². The molecule has 20 heavy (non-hydrogen) atoms. The van der Waals surface area contributed by atoms with Gasteiger partial charge >= 0.3 is 0 Å². The largest absolute Gasteiger partial charge is 0.340 e. The van der Waals surface area contributed by atoms with Gasteiger partial charge in [-0.05, 0) is 54.4 Å². The molecule has 0 aromatic carbocycles. The molecule has 1 rings (SSSR count). The first-order valence-corrected chi connectivity index (χ1v) is 8.62. The van der Waals surface area contributed by atoms with E-state index in [1.54, 1.807) is 0 Å². The molecular weight excluding hydrogens is 246 g/mol. The van der Waals surface area contributed by atoms with Crippen molar-refractivity contribution in [3.63, 3.8) is 0 Å². The fourth-order valence-corrected chi connectivity index (χ4v) is 3.48. The minimum atomic E-state index is 0.498. The number of rotatable bonds is 5. The zero-order valence-electron chi connectivity index (χ0n) is 14.5. The minimum Gasteiger partial charge on any atom is -0.340 e. The normalized spacial score (nSPS) is 17.9. The smallest absolute Gasteiger partial charge is 0.197 e. The van der Waals surface area contributed by atoms with Crippen molar-refractivity contribution in [2.45, 2.75) is 91.8 Å². The molecule has 0 unspecified atom stereocenters. The quantitative estimate of drug-likeness (QED) is 0.557. The van der Waals surface area contributed by atoms with Crippen molar-refractivity contribution in [2.24, 2.45) is 4.99 Å². The molecule has 118 valence electrons. The number of guanidine groups is 1. The summed E-state index contributed by atoms with van der Waals surface area (Å²) in [6, 6.07) is 1.69. The summed E-state index contributed by atoms with van der Waals surface area (Å²) >= 11 is 0. The van der Waals surface area contributed by atoms with E-state index in [4.69, 9.17) is 4.99 Å². The lowest BCUT2D eigenvalue weighted by Gasteiger charge is -2.43. The van der Waals surface area contributed by atoms with Gasteiger partial charge in [0.05, 0.1) is 0 Å². The van der Waals surface area contributed by atoms with Crippen molar-refractivity contribution >= 4 is 5.96 Å². The maximum Gasteiger partial charge on any atom is 0.197 e. The zero-order valence-corrected chi connectivity index (χ0v) is 14.5. The average molecular weight is 281 g/mol. The van der Waals surface area contributed by atoms with Crippen LogP contribution >= 0.6 is 0 Å². The van der Waals surface area contributed by atoms with E-state index in [0.717, 1.165) is 13.1 Å². The van der Waals surface area contributed by atoms with Crippen LogP contribution in [0.5, 0.6) is 0 Å². The average Bonchev–Trinajstić information content (AvgIpc) is 2.40. The molecule has 3 nitrogen and oxygen atoms in total. The van der Waals surface area contributed by atoms with Crippen molar-refractivity contribution in [1.82, 2.24) is 9.80 Å². The molecule has 1 aliphatic carbocycles. The maximum atomic E-state index is 4.88. The van der Waals surface area contributed by atoms with Crippen LogP contribution in [0.3, 0.4) is 0 Å². The summed E-state index contributed by atoms with van der Waals surface area (Å²) in [5.41, 5.74) is 0. The highest BCUT2D eigenvalue weighted by Crippen LogP contribution is 2.24. The first-order chi connectivity index (χ1) is 9.52. The molecule has 0 amide bonds. The van der Waals surface area contributed by atoms with Gasteiger partial charge in [-0.1, -0.05) is 19.3 Å². The Morgan fingerprint density at radius 3 is 1.95 bits per heavy atom. The molecule has 0 N–H and O–H groups in total. The highest BCUT2D eigenvalue weighted by atomic mass is 15.4. The summed E-state index contributed by atoms with van der Waals surface area (Å²) in [4.78, 5) is 9.94. The Labute approximate surface area is 126 Å². The summed E-state index contributed by atoms with van der Waals surface area (Å²) < 4.78 is 0. The number of aliphatic imine (C=N–C) groups is 1. The van der Waals surface area contributed by atoms with Gasteiger partial charge in [0.25, 0.3) is 0 Å². The number of hydrogen-bond acceptors (Lipinski definition) is 1. The molecule has 1 saturated carbocycles. The molecule has 0 heterocycles. The summed E-state index contributed by atoms with van der Waals surface area (Å²) in [7, 11) is 0. The van der Waals surface area contributed by atoms with E-state index in [9.17, 15) is 0 Å². The van der Waals surface area contributed by atoms with Crippen LogP contribution < -0.4 is 0 Å². The van der Waals surface area contributed by atoms with Crippen LogP contribution in [0.15, 0.2) is 4.99 Å². The van der Waals surface area contributed by atoms with E-state index in [-0.39, 0.29) is 0 Å². The number of nitrogens with zero attached hydrogens (tertiary/aromatic N) is 3. The van der Waals surface area contributed by atoms with Crippen molar-refractivity contribution in [3.8, 4) is 0 Å². The molecular formula is C17H35N3. The van der Waals surface area contributed by atoms with Crippen LogP contribution in [0.4, 0.5) is 0 Å². The van der Waals surface area contributed by atoms with Crippen molar-refractivity contribution in [3.05, 3.63) is 0 Å². The maximum absolute atomic E-state index is 4.88. The third-order valence-electron chi connectivity index (χ3n) is 4.26. The van der Waals surface area contributed by atoms with E-state index in [1.807, 2.05) is 0 Å². The zero-order chi connectivity index (χ0) is 15.1. The summed E-state index contributed by atoms with van der Waals surface area (Å²) in [6.07, 6.45) is 6.83. The molecule has 1 aliphatic rings. The second kappa shape index (κ2) is 8.53. The van der Waals surface area contributed by atoms with Gasteiger partial charge < -0.3 is 9.80 Å². The predicted octanol–water partition coefficient (Wildman–Crippen LogP) is 4.14. The Kier molecular flexibility index (Phi) is 7.39. The van der Waals surface area contributed by atoms with Gasteiger partial charge in [-0.3, -0.25) is 4.99 Å². The van der Waals surface area contributed by atoms with Gasteiger partial charge in [-0.15, -0.1) is 0 Å². The summed E-state index contributed by atoms with van der Waals surface area (Å²) in [5, 5.41) is 0. The monoisotopic (exact) mass is 281 g/mol. The first kappa shape index (κ1) is 17.3. The van der Waals surface area contributed by atoms with Gasteiger partial charge in [0.2, 0.25) is 0 Å². The Balaban J connectivity index is 2.98. The molecule has 0 bridgehead atoms. The molecule has 1 fully saturated rings. The topological polar surface area (TPSA) is 18.8 Å². The third-order valence-corrected chi connectivity index (χ3v) is 4.26. The highest BCUT2D eigenvalue weighted by molar-refractivity contribution is 5.81. The molecule has 0 saturated heterocycles. The lowest BCUT2D eigenvalue weighted by atomic mass is 9.94. The van der Waals surface area contributed by atoms with Gasteiger partial charge in [0.15, 0.2) is 5.96 Å². The molecule has 0 aliphatic heterocycles. The highest BCUT2D eigenvalue weighted by Gasteiger charge is 2.28. The second-order valence-corrected chi connectivity index (χ2v) is 6.45. The lowest BCUT2D eigenvalue weighted by Crippen LogP contribution is -2.54. The van der Waals surface area contributed by atoms with Crippen molar-refractivity contribution < 1.29 is 0 Å². The van der Waals surface area contributed by atoms with Crippen LogP contribution in [0.25, 0.3) is 0 Å². The van der Waals surface area contributed by atoms with Crippen LogP contribution in [0.1, 0.15) is 73.6 Å². The Morgan fingerprint density at radius 2 is 1.55 bits per heavy atom. The SMILES string of the molecule is CC/N=C(/N(CC)C1CCCCC1)N(C(C)C)C(C)C. The molecule has 0 spiro atoms. The minimum absolute atomic E-state index is 0.498. The Hall–Kier alpha value is -0.730. The molecule has 3 heteroatoms. The first-order valence-electron chi connectivity index (χ1n) is 8.62. The third kappa shape index (κ3) is 4.39. The fraction of sp³-hybridized carbons (Fsp3) is 0.941. The van der Waals surface area contributed by atoms with Gasteiger partial charge in [-0.25, -0.2) is 0 Å². The van der Waals surface area contributed by atoms with Crippen LogP contribution in [0, 0.1) is 0 Å². The summed E-state index contributed by atoms with van der Waals surface area (Å²) in [5.74, 6) is 1.23. The predicted molar refractivity (Wildman–Crippen MR) is 89.3 cm³/mol. The molecule has 0 atom stereocenters. The van der Waals surface area contributed by atoms with E-state index < -0.39 is 0 Å². The van der Waals surface area contributed by atoms with E-state index in [0.29, 0.717) is 18.1 Å². The van der Waals surface area contributed by atoms with Gasteiger partial charge in [-0.2, -0.15) is 0 Å². The van der Waals surface area contributed by atoms with Crippen molar-refractivity contribution in [1.29, 1.82) is 0 Å². The van der Waals surface area contributed by atoms with Crippen LogP contribution in [-0.2, 0) is 0 Å². The van der Waals surface area contributed by atoms with Gasteiger partial charge in [0.1, 0.15) is 0 Å². The van der Waals surface area contributed by atoms with Crippen LogP contribution in [0.2, 0.25) is 0 Å². The van der Waals surface area contributed by atoms with E-state index >= 15 is 0 Å². The summed E-state index contributed by atoms with van der Waals surface area (Å²) in [6.45, 7) is 15.5. The Bertz CT molecular complexity index is 283.